The third-order valence-electron chi connectivity index (χ3n) is 6.07. The van der Waals surface area contributed by atoms with E-state index < -0.39 is 0 Å². The molecule has 1 atom stereocenters. The van der Waals surface area contributed by atoms with Crippen molar-refractivity contribution >= 4 is 29.2 Å². The van der Waals surface area contributed by atoms with Gasteiger partial charge in [-0.2, -0.15) is 0 Å². The van der Waals surface area contributed by atoms with Gasteiger partial charge in [0.05, 0.1) is 12.0 Å². The predicted octanol–water partition coefficient (Wildman–Crippen LogP) is 0.0351. The van der Waals surface area contributed by atoms with E-state index in [1.807, 2.05) is 36.6 Å². The van der Waals surface area contributed by atoms with Crippen molar-refractivity contribution in [3.63, 3.8) is 0 Å². The molecule has 1 amide bonds. The molecule has 9 N–H and O–H groups in total. The zero-order chi connectivity index (χ0) is 23.9. The van der Waals surface area contributed by atoms with Gasteiger partial charge in [0, 0.05) is 48.5 Å². The summed E-state index contributed by atoms with van der Waals surface area (Å²) in [6.07, 6.45) is 13.1. The van der Waals surface area contributed by atoms with E-state index in [0.29, 0.717) is 35.1 Å². The minimum Gasteiger partial charge on any atom is -0.398 e. The number of quaternary nitrogens is 1. The van der Waals surface area contributed by atoms with E-state index in [1.54, 1.807) is 23.0 Å². The number of nitrogens with one attached hydrogen (secondary N) is 5. The van der Waals surface area contributed by atoms with Crippen molar-refractivity contribution in [3.8, 4) is 0 Å². The van der Waals surface area contributed by atoms with E-state index in [1.165, 1.54) is 6.21 Å². The number of para-hydroxylation sites is 1. The fraction of sp³-hybridized carbons (Fsp3) is 0.292. The second kappa shape index (κ2) is 10.8. The van der Waals surface area contributed by atoms with E-state index >= 15 is 0 Å². The van der Waals surface area contributed by atoms with Gasteiger partial charge in [-0.1, -0.05) is 29.5 Å². The normalized spacial score (nSPS) is 18.9. The van der Waals surface area contributed by atoms with Gasteiger partial charge in [0.1, 0.15) is 23.3 Å². The molecule has 0 bridgehead atoms. The Kier molecular flexibility index (Phi) is 7.41. The number of aromatic amines is 1. The highest BCUT2D eigenvalue weighted by molar-refractivity contribution is 6.12. The number of benzene rings is 1. The average molecular weight is 462 g/mol. The molecule has 2 aromatic rings. The summed E-state index contributed by atoms with van der Waals surface area (Å²) in [7, 11) is 0. The second-order valence-corrected chi connectivity index (χ2v) is 8.42. The van der Waals surface area contributed by atoms with Crippen molar-refractivity contribution in [1.29, 1.82) is 10.8 Å². The van der Waals surface area contributed by atoms with Gasteiger partial charge in [0.2, 0.25) is 5.91 Å². The molecule has 1 aliphatic carbocycles. The number of nitrogens with zero attached hydrogens (tertiary/aromatic N) is 2. The van der Waals surface area contributed by atoms with E-state index in [0.717, 1.165) is 31.6 Å². The van der Waals surface area contributed by atoms with Crippen LogP contribution in [-0.4, -0.2) is 47.3 Å². The summed E-state index contributed by atoms with van der Waals surface area (Å²) in [5.74, 6) is -0.465. The molecule has 0 radical (unpaired) electrons. The van der Waals surface area contributed by atoms with E-state index in [2.05, 4.69) is 26.3 Å². The van der Waals surface area contributed by atoms with Crippen molar-refractivity contribution in [1.82, 2.24) is 20.9 Å². The van der Waals surface area contributed by atoms with Gasteiger partial charge in [0.25, 0.3) is 5.69 Å². The third-order valence-corrected chi connectivity index (χ3v) is 6.07. The smallest absolute Gasteiger partial charge is 0.267 e. The fourth-order valence-electron chi connectivity index (χ4n) is 4.02. The summed E-state index contributed by atoms with van der Waals surface area (Å²) in [6.45, 7) is 2.00. The van der Waals surface area contributed by atoms with Crippen LogP contribution >= 0.6 is 0 Å². The lowest BCUT2D eigenvalue weighted by Crippen LogP contribution is -2.86. The summed E-state index contributed by atoms with van der Waals surface area (Å²) in [6, 6.07) is 7.69. The number of carbonyl (C=O) groups excluding carboxylic acids is 1. The van der Waals surface area contributed by atoms with Crippen molar-refractivity contribution < 1.29 is 14.8 Å². The minimum absolute atomic E-state index is 0.142. The van der Waals surface area contributed by atoms with Crippen LogP contribution < -0.4 is 26.4 Å². The lowest BCUT2D eigenvalue weighted by Gasteiger charge is -2.19. The molecular weight excluding hydrogens is 430 g/mol. The molecule has 0 saturated carbocycles. The number of allylic oxidation sites excluding steroid dienone is 4. The molecule has 1 aliphatic heterocycles. The van der Waals surface area contributed by atoms with Gasteiger partial charge in [-0.15, -0.1) is 4.68 Å². The number of rotatable bonds is 8. The lowest BCUT2D eigenvalue weighted by atomic mass is 9.98. The van der Waals surface area contributed by atoms with E-state index in [4.69, 9.17) is 16.6 Å². The molecule has 1 fully saturated rings. The highest BCUT2D eigenvalue weighted by atomic mass is 16.1. The molecule has 34 heavy (non-hydrogen) atoms. The minimum atomic E-state index is -0.323. The monoisotopic (exact) mass is 461 g/mol. The summed E-state index contributed by atoms with van der Waals surface area (Å²) >= 11 is 0. The number of nitrogen functional groups attached to an aromatic ring is 1. The molecule has 2 aliphatic rings. The van der Waals surface area contributed by atoms with Gasteiger partial charge in [0.15, 0.2) is 6.20 Å². The first-order chi connectivity index (χ1) is 16.5. The Morgan fingerprint density at radius 3 is 2.79 bits per heavy atom. The van der Waals surface area contributed by atoms with Crippen LogP contribution in [0.2, 0.25) is 0 Å². The summed E-state index contributed by atoms with van der Waals surface area (Å²) < 4.78 is 1.71. The quantitative estimate of drug-likeness (QED) is 0.168. The zero-order valence-electron chi connectivity index (χ0n) is 18.9. The van der Waals surface area contributed by atoms with Crippen LogP contribution in [0.25, 0.3) is 5.70 Å². The fourth-order valence-corrected chi connectivity index (χ4v) is 4.02. The number of anilines is 1. The molecule has 1 unspecified atom stereocenters. The first kappa shape index (κ1) is 23.3. The van der Waals surface area contributed by atoms with Gasteiger partial charge in [-0.05, 0) is 24.6 Å². The second-order valence-electron chi connectivity index (χ2n) is 8.42. The van der Waals surface area contributed by atoms with Crippen LogP contribution in [0.5, 0.6) is 0 Å². The van der Waals surface area contributed by atoms with Gasteiger partial charge in [-0.3, -0.25) is 10.2 Å². The SMILES string of the molecule is N=CC(=C[NH2+]C1CCNCC1)NC(=O)C1C=CC([n+]2cc(C(=N)c3ccccc3N)n[nH]2)=CC1. The maximum Gasteiger partial charge on any atom is 0.267 e. The van der Waals surface area contributed by atoms with Crippen LogP contribution in [0.15, 0.2) is 60.6 Å². The molecule has 2 heterocycles. The number of carbonyl (C=O) groups is 1. The van der Waals surface area contributed by atoms with Crippen LogP contribution in [-0.2, 0) is 4.79 Å². The lowest BCUT2D eigenvalue weighted by molar-refractivity contribution is -0.643. The highest BCUT2D eigenvalue weighted by Crippen LogP contribution is 2.18. The number of hydrogen-bond donors (Lipinski definition) is 7. The summed E-state index contributed by atoms with van der Waals surface area (Å²) in [4.78, 5) is 12.7. The molecular formula is C24H31N9O+2. The maximum atomic E-state index is 12.7. The Morgan fingerprint density at radius 2 is 2.09 bits per heavy atom. The molecule has 0 spiro atoms. The Balaban J connectivity index is 1.34. The van der Waals surface area contributed by atoms with Crippen LogP contribution in [0, 0.1) is 16.7 Å². The largest absolute Gasteiger partial charge is 0.398 e. The molecule has 4 rings (SSSR count). The molecule has 176 valence electrons. The maximum absolute atomic E-state index is 12.7. The van der Waals surface area contributed by atoms with Crippen LogP contribution in [0.3, 0.4) is 0 Å². The first-order valence-electron chi connectivity index (χ1n) is 11.4. The van der Waals surface area contributed by atoms with Crippen molar-refractivity contribution in [2.75, 3.05) is 18.8 Å². The summed E-state index contributed by atoms with van der Waals surface area (Å²) in [5.41, 5.74) is 9.17. The Labute approximate surface area is 198 Å². The standard InChI is InChI=1S/C24H29N9O/c25-13-18(14-29-17-9-11-28-12-10-17)30-24(34)16-5-7-19(8-6-16)33-15-22(31-32-33)23(27)20-3-1-2-4-21(20)26/h1-5,7-8,13-17,28H,6,9-12H2,(H6,25,26,27,29,30,31,32,34)/p+2. The molecule has 1 saturated heterocycles. The van der Waals surface area contributed by atoms with Crippen molar-refractivity contribution in [2.45, 2.75) is 25.3 Å². The number of hydrogen-bond acceptors (Lipinski definition) is 6. The topological polar surface area (TPSA) is 164 Å². The number of piperidine rings is 1. The van der Waals surface area contributed by atoms with Gasteiger partial charge in [-0.25, -0.2) is 0 Å². The predicted molar refractivity (Wildman–Crippen MR) is 130 cm³/mol. The van der Waals surface area contributed by atoms with Gasteiger partial charge >= 0.3 is 0 Å². The molecule has 10 nitrogen and oxygen atoms in total. The molecule has 10 heteroatoms. The van der Waals surface area contributed by atoms with Crippen molar-refractivity contribution in [2.24, 2.45) is 5.92 Å². The van der Waals surface area contributed by atoms with Crippen LogP contribution in [0.4, 0.5) is 5.69 Å². The number of nitrogens with two attached hydrogens (primary N) is 2. The number of aromatic nitrogens is 3. The Hall–Kier alpha value is -3.89. The van der Waals surface area contributed by atoms with Gasteiger partial charge < -0.3 is 27.1 Å². The average Bonchev–Trinajstić information content (AvgIpc) is 3.37. The zero-order valence-corrected chi connectivity index (χ0v) is 18.9. The Bertz CT molecular complexity index is 1150. The van der Waals surface area contributed by atoms with E-state index in [9.17, 15) is 4.79 Å². The van der Waals surface area contributed by atoms with E-state index in [-0.39, 0.29) is 17.5 Å². The first-order valence-corrected chi connectivity index (χ1v) is 11.4. The number of amides is 1. The molecule has 1 aromatic heterocycles. The number of H-pyrrole nitrogens is 1. The van der Waals surface area contributed by atoms with Crippen molar-refractivity contribution in [3.05, 3.63) is 71.8 Å². The third kappa shape index (κ3) is 5.53. The Morgan fingerprint density at radius 1 is 1.29 bits per heavy atom. The van der Waals surface area contributed by atoms with Crippen LogP contribution in [0.1, 0.15) is 30.5 Å². The summed E-state index contributed by atoms with van der Waals surface area (Å²) in [5, 5.41) is 31.5. The highest BCUT2D eigenvalue weighted by Gasteiger charge is 2.23. The molecule has 1 aromatic carbocycles.